The lowest BCUT2D eigenvalue weighted by Gasteiger charge is -2.19. The van der Waals surface area contributed by atoms with Gasteiger partial charge in [-0.05, 0) is 68.0 Å². The van der Waals surface area contributed by atoms with Gasteiger partial charge in [-0.1, -0.05) is 36.4 Å². The van der Waals surface area contributed by atoms with Crippen molar-refractivity contribution in [1.82, 2.24) is 9.97 Å². The van der Waals surface area contributed by atoms with Crippen LogP contribution in [0.1, 0.15) is 36.1 Å². The van der Waals surface area contributed by atoms with E-state index in [1.807, 2.05) is 20.0 Å². The zero-order chi connectivity index (χ0) is 19.9. The Balaban J connectivity index is 1.63. The Labute approximate surface area is 165 Å². The lowest BCUT2D eigenvalue weighted by molar-refractivity contribution is 0.554. The normalized spacial score (nSPS) is 12.0. The van der Waals surface area contributed by atoms with E-state index in [9.17, 15) is 0 Å². The quantitative estimate of drug-likeness (QED) is 0.513. The molecule has 0 spiro atoms. The molecular formula is C24H26N4. The van der Waals surface area contributed by atoms with Crippen LogP contribution in [0.2, 0.25) is 0 Å². The fourth-order valence-electron chi connectivity index (χ4n) is 3.59. The van der Waals surface area contributed by atoms with E-state index in [1.165, 1.54) is 16.7 Å². The van der Waals surface area contributed by atoms with Crippen molar-refractivity contribution in [3.63, 3.8) is 0 Å². The third kappa shape index (κ3) is 3.56. The number of rotatable bonds is 4. The SMILES string of the molecule is Cc1ccc2c(c1)nc(N)c1ncc(CCc3ccc(C(C)(C)N)cc3)cc12. The molecule has 0 aliphatic heterocycles. The number of nitrogen functional groups attached to an aromatic ring is 1. The second-order valence-corrected chi connectivity index (χ2v) is 8.18. The minimum absolute atomic E-state index is 0.311. The summed E-state index contributed by atoms with van der Waals surface area (Å²) in [4.78, 5) is 9.13. The topological polar surface area (TPSA) is 77.8 Å². The Bertz CT molecular complexity index is 1160. The highest BCUT2D eigenvalue weighted by Gasteiger charge is 2.13. The van der Waals surface area contributed by atoms with E-state index in [-0.39, 0.29) is 5.54 Å². The van der Waals surface area contributed by atoms with Gasteiger partial charge in [0.1, 0.15) is 5.52 Å². The molecule has 0 atom stereocenters. The number of anilines is 1. The van der Waals surface area contributed by atoms with Crippen molar-refractivity contribution in [1.29, 1.82) is 0 Å². The van der Waals surface area contributed by atoms with E-state index in [1.54, 1.807) is 0 Å². The van der Waals surface area contributed by atoms with E-state index in [4.69, 9.17) is 11.5 Å². The van der Waals surface area contributed by atoms with Crippen LogP contribution in [0.4, 0.5) is 5.82 Å². The van der Waals surface area contributed by atoms with Crippen LogP contribution in [0, 0.1) is 6.92 Å². The molecule has 4 N–H and O–H groups in total. The van der Waals surface area contributed by atoms with Crippen molar-refractivity contribution in [2.45, 2.75) is 39.2 Å². The third-order valence-electron chi connectivity index (χ3n) is 5.27. The molecule has 28 heavy (non-hydrogen) atoms. The van der Waals surface area contributed by atoms with Gasteiger partial charge in [-0.3, -0.25) is 4.98 Å². The van der Waals surface area contributed by atoms with Crippen molar-refractivity contribution < 1.29 is 0 Å². The number of pyridine rings is 2. The Morgan fingerprint density at radius 1 is 0.893 bits per heavy atom. The van der Waals surface area contributed by atoms with Crippen molar-refractivity contribution in [2.75, 3.05) is 5.73 Å². The summed E-state index contributed by atoms with van der Waals surface area (Å²) in [5, 5.41) is 2.17. The highest BCUT2D eigenvalue weighted by molar-refractivity contribution is 6.08. The molecule has 0 aliphatic rings. The highest BCUT2D eigenvalue weighted by Crippen LogP contribution is 2.28. The maximum absolute atomic E-state index is 6.17. The van der Waals surface area contributed by atoms with Gasteiger partial charge < -0.3 is 11.5 Å². The molecule has 142 valence electrons. The molecule has 2 aromatic heterocycles. The van der Waals surface area contributed by atoms with E-state index in [0.717, 1.165) is 40.2 Å². The first-order valence-electron chi connectivity index (χ1n) is 9.64. The molecule has 4 heteroatoms. The molecule has 0 saturated heterocycles. The average molecular weight is 371 g/mol. The minimum atomic E-state index is -0.311. The van der Waals surface area contributed by atoms with Gasteiger partial charge in [0.05, 0.1) is 5.52 Å². The molecule has 0 bridgehead atoms. The van der Waals surface area contributed by atoms with Gasteiger partial charge in [-0.2, -0.15) is 0 Å². The molecule has 0 aliphatic carbocycles. The Kier molecular flexibility index (Phi) is 4.52. The fraction of sp³-hybridized carbons (Fsp3) is 0.250. The van der Waals surface area contributed by atoms with E-state index >= 15 is 0 Å². The van der Waals surface area contributed by atoms with Crippen LogP contribution in [0.3, 0.4) is 0 Å². The van der Waals surface area contributed by atoms with Gasteiger partial charge in [0.25, 0.3) is 0 Å². The van der Waals surface area contributed by atoms with Crippen LogP contribution >= 0.6 is 0 Å². The van der Waals surface area contributed by atoms with Crippen LogP contribution in [-0.2, 0) is 18.4 Å². The number of aryl methyl sites for hydroxylation is 3. The van der Waals surface area contributed by atoms with Crippen LogP contribution in [-0.4, -0.2) is 9.97 Å². The standard InChI is InChI=1S/C24H26N4/c1-15-4-11-19-20-13-17(14-27-22(20)23(25)28-21(19)12-15)6-5-16-7-9-18(10-8-16)24(2,3)26/h4,7-14H,5-6,26H2,1-3H3,(H2,25,28). The Morgan fingerprint density at radius 2 is 1.61 bits per heavy atom. The molecule has 4 nitrogen and oxygen atoms in total. The average Bonchev–Trinajstić information content (AvgIpc) is 2.65. The summed E-state index contributed by atoms with van der Waals surface area (Å²) in [6.45, 7) is 6.11. The molecule has 0 fully saturated rings. The predicted molar refractivity (Wildman–Crippen MR) is 117 cm³/mol. The Hall–Kier alpha value is -2.98. The van der Waals surface area contributed by atoms with Crippen LogP contribution < -0.4 is 11.5 Å². The molecule has 0 saturated carbocycles. The van der Waals surface area contributed by atoms with Crippen LogP contribution in [0.25, 0.3) is 21.8 Å². The fourth-order valence-corrected chi connectivity index (χ4v) is 3.59. The summed E-state index contributed by atoms with van der Waals surface area (Å²) in [7, 11) is 0. The monoisotopic (exact) mass is 370 g/mol. The molecule has 2 heterocycles. The van der Waals surface area contributed by atoms with Gasteiger partial charge in [0.2, 0.25) is 0 Å². The van der Waals surface area contributed by atoms with Gasteiger partial charge >= 0.3 is 0 Å². The molecule has 4 aromatic rings. The first-order chi connectivity index (χ1) is 13.3. The van der Waals surface area contributed by atoms with E-state index in [2.05, 4.69) is 65.4 Å². The number of fused-ring (bicyclic) bond motifs is 3. The van der Waals surface area contributed by atoms with Gasteiger partial charge in [-0.15, -0.1) is 0 Å². The molecule has 0 amide bonds. The van der Waals surface area contributed by atoms with Crippen LogP contribution in [0.15, 0.2) is 54.7 Å². The number of hydrogen-bond donors (Lipinski definition) is 2. The molecule has 4 rings (SSSR count). The highest BCUT2D eigenvalue weighted by atomic mass is 14.9. The van der Waals surface area contributed by atoms with Crippen LogP contribution in [0.5, 0.6) is 0 Å². The predicted octanol–water partition coefficient (Wildman–Crippen LogP) is 4.65. The zero-order valence-electron chi connectivity index (χ0n) is 16.7. The summed E-state index contributed by atoms with van der Waals surface area (Å²) >= 11 is 0. The first kappa shape index (κ1) is 18.4. The van der Waals surface area contributed by atoms with Crippen molar-refractivity contribution in [3.8, 4) is 0 Å². The maximum atomic E-state index is 6.17. The minimum Gasteiger partial charge on any atom is -0.382 e. The number of benzene rings is 2. The molecule has 2 aromatic carbocycles. The first-order valence-corrected chi connectivity index (χ1v) is 9.64. The second-order valence-electron chi connectivity index (χ2n) is 8.18. The second kappa shape index (κ2) is 6.88. The molecule has 0 unspecified atom stereocenters. The van der Waals surface area contributed by atoms with Gasteiger partial charge in [0, 0.05) is 22.5 Å². The summed E-state index contributed by atoms with van der Waals surface area (Å²) in [5.41, 5.74) is 18.5. The number of nitrogens with two attached hydrogens (primary N) is 2. The third-order valence-corrected chi connectivity index (χ3v) is 5.27. The maximum Gasteiger partial charge on any atom is 0.150 e. The number of aromatic nitrogens is 2. The summed E-state index contributed by atoms with van der Waals surface area (Å²) in [6.07, 6.45) is 3.79. The number of nitrogens with zero attached hydrogens (tertiary/aromatic N) is 2. The lowest BCUT2D eigenvalue weighted by Crippen LogP contribution is -2.28. The van der Waals surface area contributed by atoms with Crippen molar-refractivity contribution >= 4 is 27.6 Å². The molecule has 0 radical (unpaired) electrons. The molecular weight excluding hydrogens is 344 g/mol. The largest absolute Gasteiger partial charge is 0.382 e. The number of hydrogen-bond acceptors (Lipinski definition) is 4. The van der Waals surface area contributed by atoms with Crippen molar-refractivity contribution in [2.24, 2.45) is 5.73 Å². The van der Waals surface area contributed by atoms with E-state index < -0.39 is 0 Å². The summed E-state index contributed by atoms with van der Waals surface area (Å²) in [5.74, 6) is 0.486. The van der Waals surface area contributed by atoms with Crippen molar-refractivity contribution in [3.05, 3.63) is 77.0 Å². The smallest absolute Gasteiger partial charge is 0.150 e. The zero-order valence-corrected chi connectivity index (χ0v) is 16.7. The Morgan fingerprint density at radius 3 is 2.32 bits per heavy atom. The van der Waals surface area contributed by atoms with Gasteiger partial charge in [-0.25, -0.2) is 4.98 Å². The summed E-state index contributed by atoms with van der Waals surface area (Å²) in [6, 6.07) is 17.1. The van der Waals surface area contributed by atoms with E-state index in [0.29, 0.717) is 5.82 Å². The summed E-state index contributed by atoms with van der Waals surface area (Å²) < 4.78 is 0. The van der Waals surface area contributed by atoms with Gasteiger partial charge in [0.15, 0.2) is 5.82 Å². The lowest BCUT2D eigenvalue weighted by atomic mass is 9.94.